The third kappa shape index (κ3) is 2.03. The zero-order valence-corrected chi connectivity index (χ0v) is 10.7. The first-order valence-corrected chi connectivity index (χ1v) is 6.08. The van der Waals surface area contributed by atoms with Gasteiger partial charge in [0.25, 0.3) is 0 Å². The minimum atomic E-state index is -0.112. The van der Waals surface area contributed by atoms with Crippen molar-refractivity contribution in [3.05, 3.63) is 48.7 Å². The molecule has 100 valence electrons. The SMILES string of the molecule is NC(N)=NC(N)=Nc1cccc2c1ccc1cccn12. The molecule has 0 aliphatic carbocycles. The highest BCUT2D eigenvalue weighted by Gasteiger charge is 2.04. The van der Waals surface area contributed by atoms with Gasteiger partial charge in [0.05, 0.1) is 11.2 Å². The van der Waals surface area contributed by atoms with Gasteiger partial charge in [-0.1, -0.05) is 6.07 Å². The Bertz CT molecular complexity index is 839. The van der Waals surface area contributed by atoms with Crippen molar-refractivity contribution >= 4 is 34.0 Å². The van der Waals surface area contributed by atoms with E-state index in [0.717, 1.165) is 22.1 Å². The maximum absolute atomic E-state index is 5.69. The summed E-state index contributed by atoms with van der Waals surface area (Å²) in [7, 11) is 0. The fourth-order valence-corrected chi connectivity index (χ4v) is 2.22. The summed E-state index contributed by atoms with van der Waals surface area (Å²) in [5.74, 6) is -0.0793. The topological polar surface area (TPSA) is 107 Å². The molecule has 2 aromatic heterocycles. The van der Waals surface area contributed by atoms with Crippen molar-refractivity contribution in [3.8, 4) is 0 Å². The van der Waals surface area contributed by atoms with Crippen LogP contribution < -0.4 is 17.2 Å². The second-order valence-corrected chi connectivity index (χ2v) is 4.35. The molecule has 0 spiro atoms. The molecular formula is C14H14N6. The molecule has 0 atom stereocenters. The van der Waals surface area contributed by atoms with Crippen LogP contribution in [0.2, 0.25) is 0 Å². The van der Waals surface area contributed by atoms with E-state index >= 15 is 0 Å². The molecule has 2 heterocycles. The van der Waals surface area contributed by atoms with Gasteiger partial charge in [-0.25, -0.2) is 4.99 Å². The molecule has 3 aromatic rings. The van der Waals surface area contributed by atoms with E-state index in [2.05, 4.69) is 14.4 Å². The van der Waals surface area contributed by atoms with Crippen LogP contribution in [0.1, 0.15) is 0 Å². The Hall–Kier alpha value is -3.02. The van der Waals surface area contributed by atoms with Gasteiger partial charge in [-0.15, -0.1) is 0 Å². The maximum Gasteiger partial charge on any atom is 0.223 e. The predicted molar refractivity (Wildman–Crippen MR) is 82.0 cm³/mol. The van der Waals surface area contributed by atoms with Crippen LogP contribution in [0.5, 0.6) is 0 Å². The second-order valence-electron chi connectivity index (χ2n) is 4.35. The molecule has 0 fully saturated rings. The Labute approximate surface area is 115 Å². The van der Waals surface area contributed by atoms with Crippen molar-refractivity contribution in [2.45, 2.75) is 0 Å². The molecule has 0 saturated heterocycles. The summed E-state index contributed by atoms with van der Waals surface area (Å²) < 4.78 is 2.09. The number of nitrogens with two attached hydrogens (primary N) is 3. The lowest BCUT2D eigenvalue weighted by Gasteiger charge is -2.05. The Kier molecular flexibility index (Phi) is 2.76. The smallest absolute Gasteiger partial charge is 0.223 e. The van der Waals surface area contributed by atoms with Gasteiger partial charge >= 0.3 is 0 Å². The van der Waals surface area contributed by atoms with Gasteiger partial charge < -0.3 is 21.6 Å². The number of pyridine rings is 1. The zero-order chi connectivity index (χ0) is 14.1. The molecule has 6 nitrogen and oxygen atoms in total. The number of hydrogen-bond donors (Lipinski definition) is 3. The van der Waals surface area contributed by atoms with Gasteiger partial charge in [-0.2, -0.15) is 4.99 Å². The molecule has 0 unspecified atom stereocenters. The average Bonchev–Trinajstić information content (AvgIpc) is 2.86. The zero-order valence-electron chi connectivity index (χ0n) is 10.7. The minimum absolute atomic E-state index is 0.0325. The maximum atomic E-state index is 5.69. The van der Waals surface area contributed by atoms with Gasteiger partial charge in [0.1, 0.15) is 0 Å². The standard InChI is InChI=1S/C14H14N6/c15-13(16)19-14(17)18-11-4-1-5-12-10(11)7-6-9-3-2-8-20(9)12/h1-8H,(H6,15,16,17,18,19). The van der Waals surface area contributed by atoms with Crippen molar-refractivity contribution in [1.29, 1.82) is 0 Å². The summed E-state index contributed by atoms with van der Waals surface area (Å²) in [6, 6.07) is 13.9. The van der Waals surface area contributed by atoms with E-state index in [1.54, 1.807) is 0 Å². The molecule has 0 amide bonds. The normalized spacial score (nSPS) is 11.9. The van der Waals surface area contributed by atoms with Gasteiger partial charge in [0.2, 0.25) is 5.96 Å². The first kappa shape index (κ1) is 12.0. The molecular weight excluding hydrogens is 252 g/mol. The van der Waals surface area contributed by atoms with Gasteiger partial charge in [0, 0.05) is 17.1 Å². The number of hydrogen-bond acceptors (Lipinski definition) is 1. The largest absolute Gasteiger partial charge is 0.370 e. The second kappa shape index (κ2) is 4.58. The van der Waals surface area contributed by atoms with Crippen LogP contribution in [0.3, 0.4) is 0 Å². The van der Waals surface area contributed by atoms with Gasteiger partial charge in [-0.05, 0) is 36.4 Å². The summed E-state index contributed by atoms with van der Waals surface area (Å²) in [5, 5.41) is 0.977. The fraction of sp³-hybridized carbons (Fsp3) is 0. The first-order chi connectivity index (χ1) is 9.65. The molecule has 0 aliphatic heterocycles. The number of nitrogens with zero attached hydrogens (tertiary/aromatic N) is 3. The van der Waals surface area contributed by atoms with Crippen LogP contribution in [-0.2, 0) is 0 Å². The van der Waals surface area contributed by atoms with Crippen molar-refractivity contribution in [2.75, 3.05) is 0 Å². The van der Waals surface area contributed by atoms with Gasteiger partial charge in [-0.3, -0.25) is 0 Å². The Morgan fingerprint density at radius 1 is 0.950 bits per heavy atom. The number of rotatable bonds is 1. The molecule has 1 aromatic carbocycles. The number of aromatic nitrogens is 1. The van der Waals surface area contributed by atoms with Crippen LogP contribution in [-0.4, -0.2) is 16.3 Å². The number of guanidine groups is 2. The van der Waals surface area contributed by atoms with E-state index in [-0.39, 0.29) is 11.9 Å². The summed E-state index contributed by atoms with van der Waals surface area (Å²) in [6.45, 7) is 0. The quantitative estimate of drug-likeness (QED) is 0.456. The lowest BCUT2D eigenvalue weighted by Crippen LogP contribution is -2.26. The van der Waals surface area contributed by atoms with Gasteiger partial charge in [0.15, 0.2) is 5.96 Å². The number of aliphatic imine (C=N–C) groups is 2. The van der Waals surface area contributed by atoms with Crippen LogP contribution in [0.15, 0.2) is 58.6 Å². The van der Waals surface area contributed by atoms with E-state index in [1.807, 2.05) is 48.7 Å². The molecule has 20 heavy (non-hydrogen) atoms. The summed E-state index contributed by atoms with van der Waals surface area (Å²) in [4.78, 5) is 7.98. The predicted octanol–water partition coefficient (Wildman–Crippen LogP) is 1.31. The van der Waals surface area contributed by atoms with Crippen molar-refractivity contribution in [3.63, 3.8) is 0 Å². The summed E-state index contributed by atoms with van der Waals surface area (Å²) >= 11 is 0. The summed E-state index contributed by atoms with van der Waals surface area (Å²) in [6.07, 6.45) is 2.00. The Morgan fingerprint density at radius 2 is 1.80 bits per heavy atom. The Balaban J connectivity index is 2.24. The van der Waals surface area contributed by atoms with E-state index in [0.29, 0.717) is 0 Å². The van der Waals surface area contributed by atoms with E-state index in [9.17, 15) is 0 Å². The van der Waals surface area contributed by atoms with Crippen LogP contribution in [0, 0.1) is 0 Å². The van der Waals surface area contributed by atoms with E-state index < -0.39 is 0 Å². The highest BCUT2D eigenvalue weighted by atomic mass is 15.1. The van der Waals surface area contributed by atoms with Crippen LogP contribution in [0.25, 0.3) is 16.4 Å². The molecule has 0 saturated carbocycles. The molecule has 0 radical (unpaired) electrons. The third-order valence-corrected chi connectivity index (χ3v) is 3.00. The Morgan fingerprint density at radius 3 is 2.60 bits per heavy atom. The molecule has 3 rings (SSSR count). The highest BCUT2D eigenvalue weighted by Crippen LogP contribution is 2.27. The lowest BCUT2D eigenvalue weighted by molar-refractivity contribution is 1.27. The number of benzene rings is 1. The molecule has 6 heteroatoms. The number of fused-ring (bicyclic) bond motifs is 3. The fourth-order valence-electron chi connectivity index (χ4n) is 2.22. The average molecular weight is 266 g/mol. The first-order valence-electron chi connectivity index (χ1n) is 6.08. The van der Waals surface area contributed by atoms with Crippen LogP contribution in [0.4, 0.5) is 5.69 Å². The van der Waals surface area contributed by atoms with E-state index in [4.69, 9.17) is 17.2 Å². The van der Waals surface area contributed by atoms with E-state index in [1.165, 1.54) is 0 Å². The monoisotopic (exact) mass is 266 g/mol. The third-order valence-electron chi connectivity index (χ3n) is 3.00. The molecule has 6 N–H and O–H groups in total. The lowest BCUT2D eigenvalue weighted by atomic mass is 10.1. The van der Waals surface area contributed by atoms with Crippen LogP contribution >= 0.6 is 0 Å². The summed E-state index contributed by atoms with van der Waals surface area (Å²) in [5.41, 5.74) is 19.1. The molecule has 0 aliphatic rings. The van der Waals surface area contributed by atoms with Crippen molar-refractivity contribution in [1.82, 2.24) is 4.40 Å². The van der Waals surface area contributed by atoms with Crippen molar-refractivity contribution < 1.29 is 0 Å². The highest BCUT2D eigenvalue weighted by molar-refractivity contribution is 5.98. The van der Waals surface area contributed by atoms with Crippen molar-refractivity contribution in [2.24, 2.45) is 27.2 Å². The molecule has 0 bridgehead atoms. The minimum Gasteiger partial charge on any atom is -0.370 e.